The van der Waals surface area contributed by atoms with Crippen molar-refractivity contribution < 1.29 is 24.5 Å². The molecule has 0 spiro atoms. The minimum absolute atomic E-state index is 0.0147. The third kappa shape index (κ3) is 69.3. The lowest BCUT2D eigenvalue weighted by molar-refractivity contribution is -0.143. The van der Waals surface area contributed by atoms with Crippen LogP contribution in [0.3, 0.4) is 0 Å². The predicted octanol–water partition coefficient (Wildman–Crippen LogP) is 24.9. The number of esters is 1. The molecular weight excluding hydrogens is 1020 g/mol. The summed E-state index contributed by atoms with van der Waals surface area (Å²) in [5.74, 6) is -0.0477. The fourth-order valence-corrected chi connectivity index (χ4v) is 12.2. The van der Waals surface area contributed by atoms with E-state index in [1.54, 1.807) is 6.08 Å². The van der Waals surface area contributed by atoms with Crippen LogP contribution in [-0.2, 0) is 14.3 Å². The molecule has 6 heteroatoms. The van der Waals surface area contributed by atoms with Gasteiger partial charge < -0.3 is 20.3 Å². The second-order valence-corrected chi connectivity index (χ2v) is 26.3. The molecule has 492 valence electrons. The molecule has 0 aliphatic rings. The molecule has 0 aromatic carbocycles. The van der Waals surface area contributed by atoms with Crippen LogP contribution in [0.15, 0.2) is 24.3 Å². The minimum Gasteiger partial charge on any atom is -0.466 e. The number of rotatable bonds is 72. The van der Waals surface area contributed by atoms with Gasteiger partial charge >= 0.3 is 5.97 Å². The summed E-state index contributed by atoms with van der Waals surface area (Å²) in [5, 5.41) is 23.3. The molecule has 6 nitrogen and oxygen atoms in total. The molecule has 83 heavy (non-hydrogen) atoms. The molecule has 1 amide bonds. The summed E-state index contributed by atoms with van der Waals surface area (Å²) in [6.07, 6.45) is 92.7. The summed E-state index contributed by atoms with van der Waals surface area (Å²) in [6.45, 7) is 4.95. The van der Waals surface area contributed by atoms with Crippen LogP contribution >= 0.6 is 0 Å². The third-order valence-electron chi connectivity index (χ3n) is 18.0. The number of aliphatic hydroxyl groups excluding tert-OH is 2. The molecule has 0 bridgehead atoms. The maximum Gasteiger partial charge on any atom is 0.305 e. The highest BCUT2D eigenvalue weighted by Crippen LogP contribution is 2.19. The lowest BCUT2D eigenvalue weighted by Gasteiger charge is -2.20. The van der Waals surface area contributed by atoms with Gasteiger partial charge in [-0.25, -0.2) is 0 Å². The topological polar surface area (TPSA) is 95.9 Å². The van der Waals surface area contributed by atoms with Gasteiger partial charge in [0.25, 0.3) is 0 Å². The monoisotopic (exact) mass is 1170 g/mol. The van der Waals surface area contributed by atoms with Crippen molar-refractivity contribution in [3.05, 3.63) is 24.3 Å². The van der Waals surface area contributed by atoms with E-state index >= 15 is 0 Å². The van der Waals surface area contributed by atoms with Crippen molar-refractivity contribution in [3.8, 4) is 0 Å². The van der Waals surface area contributed by atoms with Crippen LogP contribution in [-0.4, -0.2) is 47.4 Å². The van der Waals surface area contributed by atoms with Gasteiger partial charge in [-0.15, -0.1) is 0 Å². The van der Waals surface area contributed by atoms with Crippen molar-refractivity contribution >= 4 is 11.9 Å². The standard InChI is InChI=1S/C77H149NO5/c1-3-5-7-9-11-13-15-17-19-21-23-24-25-27-30-34-37-41-45-49-53-57-61-65-69-75(80)74(73-79)78-76(81)70-66-62-58-54-50-46-42-38-35-31-28-26-29-32-36-40-44-48-52-56-60-64-68-72-83-77(82)71-67-63-59-55-51-47-43-39-33-22-20-18-16-14-12-10-8-6-4-2/h18,20,65,69,74-75,79-80H,3-17,19,21-64,66-68,70-73H2,1-2H3,(H,78,81)/b20-18-,69-65+. The van der Waals surface area contributed by atoms with Gasteiger partial charge in [0, 0.05) is 12.8 Å². The van der Waals surface area contributed by atoms with Gasteiger partial charge in [0.05, 0.1) is 25.4 Å². The van der Waals surface area contributed by atoms with E-state index in [2.05, 4.69) is 31.3 Å². The Hall–Kier alpha value is -1.66. The summed E-state index contributed by atoms with van der Waals surface area (Å²) in [6, 6.07) is -0.629. The van der Waals surface area contributed by atoms with Crippen molar-refractivity contribution in [1.82, 2.24) is 5.32 Å². The molecular formula is C77H149NO5. The number of ether oxygens (including phenoxy) is 1. The normalized spacial score (nSPS) is 12.6. The summed E-state index contributed by atoms with van der Waals surface area (Å²) < 4.78 is 5.51. The third-order valence-corrected chi connectivity index (χ3v) is 18.0. The lowest BCUT2D eigenvalue weighted by Crippen LogP contribution is -2.45. The van der Waals surface area contributed by atoms with Gasteiger partial charge in [-0.1, -0.05) is 385 Å². The highest BCUT2D eigenvalue weighted by Gasteiger charge is 2.18. The summed E-state index contributed by atoms with van der Waals surface area (Å²) >= 11 is 0. The van der Waals surface area contributed by atoms with Gasteiger partial charge in [0.1, 0.15) is 0 Å². The Morgan fingerprint density at radius 2 is 0.566 bits per heavy atom. The van der Waals surface area contributed by atoms with E-state index in [0.717, 1.165) is 44.9 Å². The second-order valence-electron chi connectivity index (χ2n) is 26.3. The van der Waals surface area contributed by atoms with E-state index in [-0.39, 0.29) is 18.5 Å². The number of carbonyl (C=O) groups is 2. The molecule has 0 radical (unpaired) electrons. The fraction of sp³-hybridized carbons (Fsp3) is 0.922. The molecule has 0 fully saturated rings. The molecule has 0 rings (SSSR count). The fourth-order valence-electron chi connectivity index (χ4n) is 12.2. The molecule has 2 atom stereocenters. The molecule has 0 saturated carbocycles. The number of amides is 1. The number of aliphatic hydroxyl groups is 2. The molecule has 0 aromatic rings. The summed E-state index contributed by atoms with van der Waals surface area (Å²) in [5.41, 5.74) is 0. The van der Waals surface area contributed by atoms with Crippen LogP contribution in [0.5, 0.6) is 0 Å². The zero-order valence-corrected chi connectivity index (χ0v) is 56.5. The Morgan fingerprint density at radius 3 is 0.855 bits per heavy atom. The van der Waals surface area contributed by atoms with Crippen LogP contribution in [0.2, 0.25) is 0 Å². The average Bonchev–Trinajstić information content (AvgIpc) is 3.49. The van der Waals surface area contributed by atoms with E-state index < -0.39 is 12.1 Å². The molecule has 3 N–H and O–H groups in total. The van der Waals surface area contributed by atoms with Crippen LogP contribution in [0.4, 0.5) is 0 Å². The highest BCUT2D eigenvalue weighted by atomic mass is 16.5. The zero-order chi connectivity index (χ0) is 59.9. The summed E-state index contributed by atoms with van der Waals surface area (Å²) in [4.78, 5) is 24.7. The Morgan fingerprint density at radius 1 is 0.325 bits per heavy atom. The number of hydrogen-bond donors (Lipinski definition) is 3. The van der Waals surface area contributed by atoms with Gasteiger partial charge in [-0.2, -0.15) is 0 Å². The first-order valence-corrected chi connectivity index (χ1v) is 38.1. The van der Waals surface area contributed by atoms with Crippen molar-refractivity contribution in [2.75, 3.05) is 13.2 Å². The van der Waals surface area contributed by atoms with Gasteiger partial charge in [-0.3, -0.25) is 9.59 Å². The van der Waals surface area contributed by atoms with Crippen LogP contribution in [0.1, 0.15) is 431 Å². The average molecular weight is 1170 g/mol. The molecule has 0 saturated heterocycles. The van der Waals surface area contributed by atoms with E-state index in [4.69, 9.17) is 4.74 Å². The molecule has 2 unspecified atom stereocenters. The van der Waals surface area contributed by atoms with E-state index in [0.29, 0.717) is 19.4 Å². The number of carbonyl (C=O) groups excluding carboxylic acids is 2. The molecule has 0 aromatic heterocycles. The molecule has 0 heterocycles. The first-order chi connectivity index (χ1) is 41.0. The second kappa shape index (κ2) is 72.8. The van der Waals surface area contributed by atoms with Crippen LogP contribution < -0.4 is 5.32 Å². The Labute approximate surface area is 520 Å². The summed E-state index contributed by atoms with van der Waals surface area (Å²) in [7, 11) is 0. The number of allylic oxidation sites excluding steroid dienone is 3. The van der Waals surface area contributed by atoms with Crippen molar-refractivity contribution in [3.63, 3.8) is 0 Å². The van der Waals surface area contributed by atoms with Crippen LogP contribution in [0.25, 0.3) is 0 Å². The Balaban J connectivity index is 3.38. The van der Waals surface area contributed by atoms with E-state index in [1.165, 1.54) is 360 Å². The maximum atomic E-state index is 12.5. The largest absolute Gasteiger partial charge is 0.466 e. The van der Waals surface area contributed by atoms with Gasteiger partial charge in [0.15, 0.2) is 0 Å². The molecule has 0 aliphatic carbocycles. The van der Waals surface area contributed by atoms with Crippen molar-refractivity contribution in [2.24, 2.45) is 0 Å². The number of hydrogen-bond acceptors (Lipinski definition) is 5. The highest BCUT2D eigenvalue weighted by molar-refractivity contribution is 5.76. The Bertz CT molecular complexity index is 1300. The maximum absolute atomic E-state index is 12.5. The number of unbranched alkanes of at least 4 members (excludes halogenated alkanes) is 59. The quantitative estimate of drug-likeness (QED) is 0.0320. The first kappa shape index (κ1) is 81.3. The lowest BCUT2D eigenvalue weighted by atomic mass is 10.0. The number of nitrogens with one attached hydrogen (secondary N) is 1. The van der Waals surface area contributed by atoms with Crippen molar-refractivity contribution in [1.29, 1.82) is 0 Å². The zero-order valence-electron chi connectivity index (χ0n) is 56.5. The smallest absolute Gasteiger partial charge is 0.305 e. The molecule has 0 aliphatic heterocycles. The SMILES string of the molecule is CCCCCCCC/C=C\CCCCCCCCCCCC(=O)OCCCCCCCCCCCCCCCCCCCCCCCCCC(=O)NC(CO)C(O)/C=C/CCCCCCCCCCCCCCCCCCCCCCCC. The van der Waals surface area contributed by atoms with Crippen LogP contribution in [0, 0.1) is 0 Å². The first-order valence-electron chi connectivity index (χ1n) is 38.1. The van der Waals surface area contributed by atoms with Crippen molar-refractivity contribution in [2.45, 2.75) is 443 Å². The predicted molar refractivity (Wildman–Crippen MR) is 366 cm³/mol. The Kier molecular flexibility index (Phi) is 71.4. The van der Waals surface area contributed by atoms with Gasteiger partial charge in [0.2, 0.25) is 5.91 Å². The van der Waals surface area contributed by atoms with E-state index in [9.17, 15) is 19.8 Å². The van der Waals surface area contributed by atoms with Gasteiger partial charge in [-0.05, 0) is 57.8 Å². The minimum atomic E-state index is -0.846. The van der Waals surface area contributed by atoms with E-state index in [1.807, 2.05) is 6.08 Å².